The van der Waals surface area contributed by atoms with Crippen LogP contribution in [0.4, 0.5) is 0 Å². The van der Waals surface area contributed by atoms with Crippen LogP contribution >= 0.6 is 22.6 Å². The van der Waals surface area contributed by atoms with Gasteiger partial charge in [-0.05, 0) is 47.2 Å². The number of nitrogens with zero attached hydrogens (tertiary/aromatic N) is 3. The van der Waals surface area contributed by atoms with Gasteiger partial charge < -0.3 is 5.11 Å². The summed E-state index contributed by atoms with van der Waals surface area (Å²) in [4.78, 5) is 3.85. The van der Waals surface area contributed by atoms with Gasteiger partial charge in [0.05, 0.1) is 6.54 Å². The third kappa shape index (κ3) is 2.59. The van der Waals surface area contributed by atoms with E-state index in [-0.39, 0.29) is 0 Å². The summed E-state index contributed by atoms with van der Waals surface area (Å²) in [5.74, 6) is 0. The molecule has 0 saturated heterocycles. The Morgan fingerprint density at radius 3 is 2.62 bits per heavy atom. The topological polar surface area (TPSA) is 50.9 Å². The minimum Gasteiger partial charge on any atom is -0.384 e. The van der Waals surface area contributed by atoms with Crippen molar-refractivity contribution in [2.24, 2.45) is 0 Å². The van der Waals surface area contributed by atoms with E-state index in [1.807, 2.05) is 24.3 Å². The van der Waals surface area contributed by atoms with Gasteiger partial charge in [0, 0.05) is 3.57 Å². The summed E-state index contributed by atoms with van der Waals surface area (Å²) in [5.41, 5.74) is -0.0543. The molecule has 0 bridgehead atoms. The van der Waals surface area contributed by atoms with E-state index in [0.717, 1.165) is 9.13 Å². The van der Waals surface area contributed by atoms with Crippen molar-refractivity contribution < 1.29 is 5.11 Å². The SMILES string of the molecule is CC(O)(Cn1cncn1)c1ccc(I)cc1. The third-order valence-corrected chi connectivity index (χ3v) is 3.12. The fraction of sp³-hybridized carbons (Fsp3) is 0.273. The first kappa shape index (κ1) is 11.5. The van der Waals surface area contributed by atoms with Crippen LogP contribution in [0.2, 0.25) is 0 Å². The fourth-order valence-corrected chi connectivity index (χ4v) is 1.89. The van der Waals surface area contributed by atoms with Gasteiger partial charge in [0.1, 0.15) is 18.3 Å². The maximum absolute atomic E-state index is 10.4. The van der Waals surface area contributed by atoms with Gasteiger partial charge in [0.15, 0.2) is 0 Å². The Morgan fingerprint density at radius 1 is 1.38 bits per heavy atom. The molecule has 0 saturated carbocycles. The number of hydrogen-bond donors (Lipinski definition) is 1. The normalized spacial score (nSPS) is 14.7. The van der Waals surface area contributed by atoms with Gasteiger partial charge in [0.25, 0.3) is 0 Å². The molecule has 0 aliphatic heterocycles. The Kier molecular flexibility index (Phi) is 3.25. The molecule has 1 aromatic carbocycles. The Morgan fingerprint density at radius 2 is 2.06 bits per heavy atom. The second-order valence-corrected chi connectivity index (χ2v) is 5.12. The van der Waals surface area contributed by atoms with Crippen molar-refractivity contribution in [3.05, 3.63) is 46.1 Å². The van der Waals surface area contributed by atoms with Crippen molar-refractivity contribution in [3.8, 4) is 0 Å². The highest BCUT2D eigenvalue weighted by molar-refractivity contribution is 14.1. The molecule has 2 rings (SSSR count). The molecule has 0 aliphatic rings. The van der Waals surface area contributed by atoms with Crippen LogP contribution < -0.4 is 0 Å². The first-order valence-electron chi connectivity index (χ1n) is 4.89. The summed E-state index contributed by atoms with van der Waals surface area (Å²) in [7, 11) is 0. The van der Waals surface area contributed by atoms with Gasteiger partial charge in [-0.3, -0.25) is 0 Å². The van der Waals surface area contributed by atoms with E-state index in [4.69, 9.17) is 0 Å². The summed E-state index contributed by atoms with van der Waals surface area (Å²) in [6.45, 7) is 2.17. The van der Waals surface area contributed by atoms with Crippen LogP contribution in [0, 0.1) is 3.57 Å². The average Bonchev–Trinajstić information content (AvgIpc) is 2.70. The molecule has 5 heteroatoms. The molecular formula is C11H12IN3O. The lowest BCUT2D eigenvalue weighted by atomic mass is 9.96. The van der Waals surface area contributed by atoms with Crippen molar-refractivity contribution >= 4 is 22.6 Å². The maximum Gasteiger partial charge on any atom is 0.137 e. The largest absolute Gasteiger partial charge is 0.384 e. The van der Waals surface area contributed by atoms with E-state index >= 15 is 0 Å². The van der Waals surface area contributed by atoms with Gasteiger partial charge in [0.2, 0.25) is 0 Å². The van der Waals surface area contributed by atoms with Crippen molar-refractivity contribution in [1.82, 2.24) is 14.8 Å². The van der Waals surface area contributed by atoms with Gasteiger partial charge in [-0.25, -0.2) is 9.67 Å². The van der Waals surface area contributed by atoms with E-state index in [9.17, 15) is 5.11 Å². The van der Waals surface area contributed by atoms with E-state index in [1.54, 1.807) is 17.9 Å². The Labute approximate surface area is 107 Å². The van der Waals surface area contributed by atoms with Gasteiger partial charge >= 0.3 is 0 Å². The fourth-order valence-electron chi connectivity index (χ4n) is 1.53. The van der Waals surface area contributed by atoms with E-state index < -0.39 is 5.60 Å². The molecule has 0 fully saturated rings. The van der Waals surface area contributed by atoms with Crippen molar-refractivity contribution in [1.29, 1.82) is 0 Å². The molecule has 2 aromatic rings. The minimum absolute atomic E-state index is 0.396. The zero-order chi connectivity index (χ0) is 11.6. The predicted molar refractivity (Wildman–Crippen MR) is 68.8 cm³/mol. The molecule has 1 atom stereocenters. The summed E-state index contributed by atoms with van der Waals surface area (Å²) in [5, 5.41) is 14.3. The lowest BCUT2D eigenvalue weighted by molar-refractivity contribution is 0.0345. The first-order valence-corrected chi connectivity index (χ1v) is 5.97. The monoisotopic (exact) mass is 329 g/mol. The minimum atomic E-state index is -0.933. The molecule has 1 aromatic heterocycles. The highest BCUT2D eigenvalue weighted by Gasteiger charge is 2.23. The molecule has 1 heterocycles. The van der Waals surface area contributed by atoms with E-state index in [2.05, 4.69) is 32.7 Å². The van der Waals surface area contributed by atoms with Crippen LogP contribution in [0.3, 0.4) is 0 Å². The van der Waals surface area contributed by atoms with Crippen LogP contribution in [-0.4, -0.2) is 19.9 Å². The Balaban J connectivity index is 2.21. The second-order valence-electron chi connectivity index (χ2n) is 3.87. The second kappa shape index (κ2) is 4.50. The van der Waals surface area contributed by atoms with Crippen LogP contribution in [0.15, 0.2) is 36.9 Å². The number of halogens is 1. The molecule has 84 valence electrons. The van der Waals surface area contributed by atoms with Crippen LogP contribution in [0.25, 0.3) is 0 Å². The number of rotatable bonds is 3. The summed E-state index contributed by atoms with van der Waals surface area (Å²) < 4.78 is 2.77. The van der Waals surface area contributed by atoms with Crippen LogP contribution in [0.1, 0.15) is 12.5 Å². The van der Waals surface area contributed by atoms with Crippen molar-refractivity contribution in [2.45, 2.75) is 19.1 Å². The maximum atomic E-state index is 10.4. The average molecular weight is 329 g/mol. The zero-order valence-electron chi connectivity index (χ0n) is 8.84. The molecule has 1 unspecified atom stereocenters. The number of benzene rings is 1. The molecule has 1 N–H and O–H groups in total. The molecule has 0 radical (unpaired) electrons. The van der Waals surface area contributed by atoms with Crippen LogP contribution in [0.5, 0.6) is 0 Å². The van der Waals surface area contributed by atoms with Crippen LogP contribution in [-0.2, 0) is 12.1 Å². The quantitative estimate of drug-likeness (QED) is 0.874. The lowest BCUT2D eigenvalue weighted by Gasteiger charge is -2.23. The smallest absolute Gasteiger partial charge is 0.137 e. The lowest BCUT2D eigenvalue weighted by Crippen LogP contribution is -2.28. The zero-order valence-corrected chi connectivity index (χ0v) is 11.0. The highest BCUT2D eigenvalue weighted by atomic mass is 127. The predicted octanol–water partition coefficient (Wildman–Crippen LogP) is 1.79. The Hall–Kier alpha value is -0.950. The van der Waals surface area contributed by atoms with Crippen molar-refractivity contribution in [3.63, 3.8) is 0 Å². The first-order chi connectivity index (χ1) is 7.58. The van der Waals surface area contributed by atoms with Gasteiger partial charge in [-0.15, -0.1) is 0 Å². The Bertz CT molecular complexity index is 451. The van der Waals surface area contributed by atoms with Gasteiger partial charge in [-0.1, -0.05) is 12.1 Å². The summed E-state index contributed by atoms with van der Waals surface area (Å²) in [6, 6.07) is 7.81. The summed E-state index contributed by atoms with van der Waals surface area (Å²) >= 11 is 2.24. The number of aliphatic hydroxyl groups is 1. The third-order valence-electron chi connectivity index (χ3n) is 2.40. The van der Waals surface area contributed by atoms with Crippen molar-refractivity contribution in [2.75, 3.05) is 0 Å². The molecule has 0 aliphatic carbocycles. The molecule has 16 heavy (non-hydrogen) atoms. The summed E-state index contributed by atoms with van der Waals surface area (Å²) in [6.07, 6.45) is 3.06. The number of hydrogen-bond acceptors (Lipinski definition) is 3. The standard InChI is InChI=1S/C11H12IN3O/c1-11(16,6-15-8-13-7-14-15)9-2-4-10(12)5-3-9/h2-5,7-8,16H,6H2,1H3. The highest BCUT2D eigenvalue weighted by Crippen LogP contribution is 2.22. The van der Waals surface area contributed by atoms with E-state index in [0.29, 0.717) is 6.54 Å². The molecule has 0 spiro atoms. The molecular weight excluding hydrogens is 317 g/mol. The number of aromatic nitrogens is 3. The van der Waals surface area contributed by atoms with E-state index in [1.165, 1.54) is 6.33 Å². The molecule has 4 nitrogen and oxygen atoms in total. The molecule has 0 amide bonds. The van der Waals surface area contributed by atoms with Gasteiger partial charge in [-0.2, -0.15) is 5.10 Å².